The monoisotopic (exact) mass is 395 g/mol. The molecular formula is C19H23ClFN3O3. The van der Waals surface area contributed by atoms with Crippen LogP contribution in [0.15, 0.2) is 18.2 Å². The zero-order valence-electron chi connectivity index (χ0n) is 15.7. The summed E-state index contributed by atoms with van der Waals surface area (Å²) in [4.78, 5) is 42.5. The first kappa shape index (κ1) is 19.6. The molecule has 4 amide bonds. The number of carbonyl (C=O) groups is 3. The largest absolute Gasteiger partial charge is 0.338 e. The minimum absolute atomic E-state index is 0.160. The van der Waals surface area contributed by atoms with Gasteiger partial charge in [0.1, 0.15) is 11.4 Å². The molecule has 6 nitrogen and oxygen atoms in total. The molecular weight excluding hydrogens is 373 g/mol. The lowest BCUT2D eigenvalue weighted by Crippen LogP contribution is -2.58. The van der Waals surface area contributed by atoms with Crippen LogP contribution in [0.5, 0.6) is 0 Å². The van der Waals surface area contributed by atoms with Crippen molar-refractivity contribution in [3.8, 4) is 0 Å². The molecule has 0 unspecified atom stereocenters. The summed E-state index contributed by atoms with van der Waals surface area (Å²) in [5.74, 6) is -0.888. The van der Waals surface area contributed by atoms with E-state index in [1.54, 1.807) is 9.80 Å². The van der Waals surface area contributed by atoms with Gasteiger partial charge in [0.15, 0.2) is 0 Å². The highest BCUT2D eigenvalue weighted by atomic mass is 35.5. The van der Waals surface area contributed by atoms with Crippen LogP contribution in [0.25, 0.3) is 0 Å². The van der Waals surface area contributed by atoms with Gasteiger partial charge in [0.05, 0.1) is 0 Å². The number of amides is 4. The lowest BCUT2D eigenvalue weighted by molar-refractivity contribution is -0.134. The van der Waals surface area contributed by atoms with E-state index in [2.05, 4.69) is 0 Å². The van der Waals surface area contributed by atoms with Crippen molar-refractivity contribution in [2.75, 3.05) is 26.7 Å². The van der Waals surface area contributed by atoms with Gasteiger partial charge >= 0.3 is 6.03 Å². The van der Waals surface area contributed by atoms with Crippen molar-refractivity contribution in [1.82, 2.24) is 14.7 Å². The second-order valence-electron chi connectivity index (χ2n) is 7.63. The van der Waals surface area contributed by atoms with Crippen LogP contribution >= 0.6 is 11.6 Å². The molecule has 146 valence electrons. The van der Waals surface area contributed by atoms with Crippen LogP contribution in [-0.4, -0.2) is 64.8 Å². The van der Waals surface area contributed by atoms with E-state index >= 15 is 0 Å². The molecule has 1 spiro atoms. The Bertz CT molecular complexity index is 770. The van der Waals surface area contributed by atoms with E-state index in [-0.39, 0.29) is 34.3 Å². The fourth-order valence-electron chi connectivity index (χ4n) is 3.92. The van der Waals surface area contributed by atoms with E-state index in [1.165, 1.54) is 18.0 Å². The molecule has 0 bridgehead atoms. The summed E-state index contributed by atoms with van der Waals surface area (Å²) in [6, 6.07) is 3.44. The van der Waals surface area contributed by atoms with Gasteiger partial charge in [-0.2, -0.15) is 0 Å². The molecule has 0 saturated carbocycles. The number of likely N-dealkylation sites (N-methyl/N-ethyl adjacent to an activating group) is 1. The third kappa shape index (κ3) is 3.40. The first-order valence-corrected chi connectivity index (χ1v) is 9.38. The molecule has 3 rings (SSSR count). The minimum Gasteiger partial charge on any atom is -0.338 e. The molecule has 2 aliphatic rings. The highest BCUT2D eigenvalue weighted by molar-refractivity contribution is 6.31. The van der Waals surface area contributed by atoms with E-state index < -0.39 is 11.4 Å². The Morgan fingerprint density at radius 2 is 1.85 bits per heavy atom. The summed E-state index contributed by atoms with van der Waals surface area (Å²) in [5.41, 5.74) is -0.715. The molecule has 8 heteroatoms. The van der Waals surface area contributed by atoms with Crippen molar-refractivity contribution in [3.63, 3.8) is 0 Å². The van der Waals surface area contributed by atoms with Crippen LogP contribution in [-0.2, 0) is 4.79 Å². The maximum absolute atomic E-state index is 13.6. The SMILES string of the molecule is CC(C)CN1C(=O)N(C)C(=O)C12CCN(C(=O)c1cc(F)cc(Cl)c1)CC2. The average Bonchev–Trinajstić information content (AvgIpc) is 2.77. The van der Waals surface area contributed by atoms with Crippen molar-refractivity contribution in [2.24, 2.45) is 5.92 Å². The molecule has 2 saturated heterocycles. The van der Waals surface area contributed by atoms with Crippen molar-refractivity contribution in [1.29, 1.82) is 0 Å². The van der Waals surface area contributed by atoms with E-state index in [4.69, 9.17) is 11.6 Å². The van der Waals surface area contributed by atoms with E-state index in [1.807, 2.05) is 13.8 Å². The summed E-state index contributed by atoms with van der Waals surface area (Å²) < 4.78 is 13.6. The fourth-order valence-corrected chi connectivity index (χ4v) is 4.14. The van der Waals surface area contributed by atoms with Crippen LogP contribution in [0, 0.1) is 11.7 Å². The van der Waals surface area contributed by atoms with E-state index in [9.17, 15) is 18.8 Å². The molecule has 2 aliphatic heterocycles. The quantitative estimate of drug-likeness (QED) is 0.739. The van der Waals surface area contributed by atoms with Gasteiger partial charge in [0.25, 0.3) is 11.8 Å². The van der Waals surface area contributed by atoms with Gasteiger partial charge in [-0.1, -0.05) is 25.4 Å². The molecule has 2 heterocycles. The van der Waals surface area contributed by atoms with Crippen molar-refractivity contribution in [2.45, 2.75) is 32.2 Å². The van der Waals surface area contributed by atoms with E-state index in [0.717, 1.165) is 12.1 Å². The van der Waals surface area contributed by atoms with Crippen LogP contribution in [0.3, 0.4) is 0 Å². The predicted molar refractivity (Wildman–Crippen MR) is 99.0 cm³/mol. The molecule has 0 aliphatic carbocycles. The minimum atomic E-state index is -0.896. The molecule has 2 fully saturated rings. The molecule has 1 aromatic rings. The number of hydrogen-bond acceptors (Lipinski definition) is 3. The average molecular weight is 396 g/mol. The van der Waals surface area contributed by atoms with E-state index in [0.29, 0.717) is 32.5 Å². The molecule has 0 atom stereocenters. The highest BCUT2D eigenvalue weighted by Crippen LogP contribution is 2.37. The normalized spacial score (nSPS) is 19.6. The predicted octanol–water partition coefficient (Wildman–Crippen LogP) is 3.00. The Morgan fingerprint density at radius 3 is 2.41 bits per heavy atom. The smallest absolute Gasteiger partial charge is 0.327 e. The Hall–Kier alpha value is -2.15. The Balaban J connectivity index is 1.79. The van der Waals surface area contributed by atoms with Crippen molar-refractivity contribution >= 4 is 29.4 Å². The zero-order chi connectivity index (χ0) is 19.9. The second kappa shape index (κ2) is 7.11. The highest BCUT2D eigenvalue weighted by Gasteiger charge is 2.57. The second-order valence-corrected chi connectivity index (χ2v) is 8.07. The number of piperidine rings is 1. The standard InChI is InChI=1S/C19H23ClFN3O3/c1-12(2)11-24-18(27)22(3)17(26)19(24)4-6-23(7-5-19)16(25)13-8-14(20)10-15(21)9-13/h8-10,12H,4-7,11H2,1-3H3. The summed E-state index contributed by atoms with van der Waals surface area (Å²) in [6.45, 7) is 5.11. The third-order valence-corrected chi connectivity index (χ3v) is 5.49. The van der Waals surface area contributed by atoms with Crippen LogP contribution < -0.4 is 0 Å². The number of urea groups is 1. The molecule has 0 radical (unpaired) electrons. The lowest BCUT2D eigenvalue weighted by Gasteiger charge is -2.42. The van der Waals surface area contributed by atoms with Gasteiger partial charge in [-0.3, -0.25) is 14.5 Å². The number of halogens is 2. The summed E-state index contributed by atoms with van der Waals surface area (Å²) in [5, 5.41) is 0.160. The van der Waals surface area contributed by atoms with Crippen LogP contribution in [0.4, 0.5) is 9.18 Å². The van der Waals surface area contributed by atoms with Crippen molar-refractivity contribution in [3.05, 3.63) is 34.6 Å². The molecule has 1 aromatic carbocycles. The lowest BCUT2D eigenvalue weighted by atomic mass is 9.85. The van der Waals surface area contributed by atoms with Gasteiger partial charge in [0.2, 0.25) is 0 Å². The first-order valence-electron chi connectivity index (χ1n) is 9.01. The summed E-state index contributed by atoms with van der Waals surface area (Å²) in [6.07, 6.45) is 0.729. The van der Waals surface area contributed by atoms with Gasteiger partial charge in [0, 0.05) is 37.3 Å². The fraction of sp³-hybridized carbons (Fsp3) is 0.526. The van der Waals surface area contributed by atoms with Gasteiger partial charge < -0.3 is 9.80 Å². The molecule has 0 N–H and O–H groups in total. The number of benzene rings is 1. The Morgan fingerprint density at radius 1 is 1.22 bits per heavy atom. The number of rotatable bonds is 3. The summed E-state index contributed by atoms with van der Waals surface area (Å²) >= 11 is 5.85. The van der Waals surface area contributed by atoms with Crippen LogP contribution in [0.2, 0.25) is 5.02 Å². The van der Waals surface area contributed by atoms with Gasteiger partial charge in [-0.15, -0.1) is 0 Å². The Kier molecular flexibility index (Phi) is 5.16. The maximum atomic E-state index is 13.6. The number of hydrogen-bond donors (Lipinski definition) is 0. The van der Waals surface area contributed by atoms with Gasteiger partial charge in [-0.25, -0.2) is 9.18 Å². The Labute approximate surface area is 162 Å². The molecule has 0 aromatic heterocycles. The summed E-state index contributed by atoms with van der Waals surface area (Å²) in [7, 11) is 1.50. The number of likely N-dealkylation sites (tertiary alicyclic amines) is 1. The number of imide groups is 1. The van der Waals surface area contributed by atoms with Crippen LogP contribution in [0.1, 0.15) is 37.0 Å². The molecule has 27 heavy (non-hydrogen) atoms. The first-order chi connectivity index (χ1) is 12.7. The zero-order valence-corrected chi connectivity index (χ0v) is 16.4. The number of carbonyl (C=O) groups excluding carboxylic acids is 3. The number of nitrogens with zero attached hydrogens (tertiary/aromatic N) is 3. The van der Waals surface area contributed by atoms with Crippen molar-refractivity contribution < 1.29 is 18.8 Å². The maximum Gasteiger partial charge on any atom is 0.327 e. The topological polar surface area (TPSA) is 60.9 Å². The van der Waals surface area contributed by atoms with Gasteiger partial charge in [-0.05, 0) is 37.0 Å². The third-order valence-electron chi connectivity index (χ3n) is 5.27.